The van der Waals surface area contributed by atoms with E-state index in [4.69, 9.17) is 4.74 Å². The molecular formula is C22H30N4O3. The molecule has 0 radical (unpaired) electrons. The topological polar surface area (TPSA) is 90.5 Å². The predicted molar refractivity (Wildman–Crippen MR) is 110 cm³/mol. The van der Waals surface area contributed by atoms with Crippen molar-refractivity contribution in [3.05, 3.63) is 54.1 Å². The van der Waals surface area contributed by atoms with Gasteiger partial charge >= 0.3 is 0 Å². The molecule has 0 bridgehead atoms. The van der Waals surface area contributed by atoms with Crippen molar-refractivity contribution in [2.24, 2.45) is 0 Å². The Hall–Kier alpha value is -2.22. The minimum absolute atomic E-state index is 0.218. The number of nitrogens with one attached hydrogen (secondary N) is 2. The van der Waals surface area contributed by atoms with Gasteiger partial charge in [-0.15, -0.1) is 0 Å². The van der Waals surface area contributed by atoms with E-state index >= 15 is 0 Å². The molecule has 2 aliphatic heterocycles. The molecule has 0 aliphatic carbocycles. The van der Waals surface area contributed by atoms with E-state index < -0.39 is 11.6 Å². The summed E-state index contributed by atoms with van der Waals surface area (Å²) in [6.45, 7) is 5.06. The lowest BCUT2D eigenvalue weighted by atomic mass is 9.75. The molecule has 29 heavy (non-hydrogen) atoms. The Kier molecular flexibility index (Phi) is 5.72. The fourth-order valence-electron chi connectivity index (χ4n) is 4.51. The lowest BCUT2D eigenvalue weighted by Gasteiger charge is -2.51. The number of ether oxygens (including phenoxy) is 1. The second-order valence-corrected chi connectivity index (χ2v) is 8.59. The molecule has 2 atom stereocenters. The molecule has 3 N–H and O–H groups in total. The highest BCUT2D eigenvalue weighted by molar-refractivity contribution is 5.92. The van der Waals surface area contributed by atoms with Crippen LogP contribution >= 0.6 is 0 Å². The van der Waals surface area contributed by atoms with E-state index in [9.17, 15) is 9.90 Å². The first kappa shape index (κ1) is 20.1. The van der Waals surface area contributed by atoms with E-state index in [2.05, 4.69) is 26.3 Å². The molecular weight excluding hydrogens is 368 g/mol. The quantitative estimate of drug-likeness (QED) is 0.714. The van der Waals surface area contributed by atoms with Crippen LogP contribution in [0.1, 0.15) is 42.2 Å². The van der Waals surface area contributed by atoms with Crippen LogP contribution in [0.5, 0.6) is 0 Å². The van der Waals surface area contributed by atoms with Crippen LogP contribution in [0.2, 0.25) is 0 Å². The summed E-state index contributed by atoms with van der Waals surface area (Å²) in [6.07, 6.45) is 8.75. The lowest BCUT2D eigenvalue weighted by molar-refractivity contribution is -0.186. The molecule has 0 aromatic carbocycles. The average Bonchev–Trinajstić information content (AvgIpc) is 3.25. The van der Waals surface area contributed by atoms with Gasteiger partial charge in [-0.2, -0.15) is 0 Å². The average molecular weight is 399 g/mol. The standard InChI is InChI=1S/C22H30N4O3/c1-21(28)16-22(29-15-19(21)25-20(27)18-5-3-10-24-18)7-12-26(13-8-22)11-6-17-4-2-9-23-14-17/h2-5,9-10,14,19,24,28H,6-8,11-13,15-16H2,1H3,(H,25,27)/t19-,21-/m0/s1. The highest BCUT2D eigenvalue weighted by atomic mass is 16.5. The zero-order chi connectivity index (χ0) is 20.3. The lowest BCUT2D eigenvalue weighted by Crippen LogP contribution is -2.64. The van der Waals surface area contributed by atoms with Crippen LogP contribution in [0.15, 0.2) is 42.9 Å². The van der Waals surface area contributed by atoms with Gasteiger partial charge in [-0.3, -0.25) is 9.78 Å². The summed E-state index contributed by atoms with van der Waals surface area (Å²) in [6, 6.07) is 7.16. The predicted octanol–water partition coefficient (Wildman–Crippen LogP) is 1.76. The molecule has 4 heterocycles. The number of pyridine rings is 1. The van der Waals surface area contributed by atoms with Crippen molar-refractivity contribution in [3.63, 3.8) is 0 Å². The summed E-state index contributed by atoms with van der Waals surface area (Å²) in [7, 11) is 0. The Labute approximate surface area is 171 Å². The molecule has 0 saturated carbocycles. The number of hydrogen-bond donors (Lipinski definition) is 3. The Morgan fingerprint density at radius 1 is 1.38 bits per heavy atom. The van der Waals surface area contributed by atoms with Crippen molar-refractivity contribution < 1.29 is 14.6 Å². The highest BCUT2D eigenvalue weighted by Gasteiger charge is 2.49. The van der Waals surface area contributed by atoms with Gasteiger partial charge in [-0.1, -0.05) is 6.07 Å². The maximum absolute atomic E-state index is 12.3. The molecule has 156 valence electrons. The summed E-state index contributed by atoms with van der Waals surface area (Å²) in [5, 5.41) is 14.0. The summed E-state index contributed by atoms with van der Waals surface area (Å²) in [5.41, 5.74) is 0.439. The van der Waals surface area contributed by atoms with Crippen LogP contribution in [0, 0.1) is 0 Å². The minimum Gasteiger partial charge on any atom is -0.388 e. The fraction of sp³-hybridized carbons (Fsp3) is 0.545. The molecule has 1 spiro atoms. The van der Waals surface area contributed by atoms with Gasteiger partial charge in [0.25, 0.3) is 5.91 Å². The van der Waals surface area contributed by atoms with Crippen LogP contribution in [-0.4, -0.2) is 69.4 Å². The Balaban J connectivity index is 1.29. The molecule has 7 heteroatoms. The first-order valence-electron chi connectivity index (χ1n) is 10.4. The number of carbonyl (C=O) groups is 1. The van der Waals surface area contributed by atoms with Crippen molar-refractivity contribution in [3.8, 4) is 0 Å². The van der Waals surface area contributed by atoms with Crippen LogP contribution in [0.25, 0.3) is 0 Å². The number of likely N-dealkylation sites (tertiary alicyclic amines) is 1. The number of aliphatic hydroxyl groups is 1. The largest absolute Gasteiger partial charge is 0.388 e. The van der Waals surface area contributed by atoms with Crippen LogP contribution < -0.4 is 5.32 Å². The summed E-state index contributed by atoms with van der Waals surface area (Å²) in [4.78, 5) is 21.9. The van der Waals surface area contributed by atoms with Crippen molar-refractivity contribution >= 4 is 5.91 Å². The molecule has 2 aromatic rings. The SMILES string of the molecule is C[C@]1(O)CC2(CCN(CCc3cccnc3)CC2)OC[C@@H]1NC(=O)c1ccc[nH]1. The number of hydrogen-bond acceptors (Lipinski definition) is 5. The van der Waals surface area contributed by atoms with E-state index in [-0.39, 0.29) is 11.5 Å². The molecule has 2 aromatic heterocycles. The number of aromatic nitrogens is 2. The Morgan fingerprint density at radius 3 is 2.86 bits per heavy atom. The van der Waals surface area contributed by atoms with Gasteiger partial charge in [0.1, 0.15) is 5.69 Å². The van der Waals surface area contributed by atoms with Gasteiger partial charge in [0.05, 0.1) is 23.9 Å². The van der Waals surface area contributed by atoms with Crippen molar-refractivity contribution in [1.29, 1.82) is 0 Å². The molecule has 2 saturated heterocycles. The minimum atomic E-state index is -1.00. The van der Waals surface area contributed by atoms with E-state index in [0.717, 1.165) is 38.9 Å². The highest BCUT2D eigenvalue weighted by Crippen LogP contribution is 2.39. The van der Waals surface area contributed by atoms with E-state index in [0.29, 0.717) is 18.7 Å². The number of H-pyrrole nitrogens is 1. The third kappa shape index (κ3) is 4.69. The van der Waals surface area contributed by atoms with Gasteiger partial charge in [0, 0.05) is 44.6 Å². The Bertz CT molecular complexity index is 799. The number of aromatic amines is 1. The number of carbonyl (C=O) groups excluding carboxylic acids is 1. The van der Waals surface area contributed by atoms with Gasteiger partial charge in [-0.05, 0) is 49.9 Å². The van der Waals surface area contributed by atoms with E-state index in [1.807, 2.05) is 19.2 Å². The molecule has 2 aliphatic rings. The second-order valence-electron chi connectivity index (χ2n) is 8.59. The Morgan fingerprint density at radius 2 is 2.21 bits per heavy atom. The van der Waals surface area contributed by atoms with Crippen molar-refractivity contribution in [2.45, 2.75) is 49.9 Å². The molecule has 4 rings (SSSR count). The summed E-state index contributed by atoms with van der Waals surface area (Å²) in [5.74, 6) is -0.218. The first-order chi connectivity index (χ1) is 14.0. The number of rotatable bonds is 5. The van der Waals surface area contributed by atoms with E-state index in [1.54, 1.807) is 24.5 Å². The first-order valence-corrected chi connectivity index (χ1v) is 10.4. The number of piperidine rings is 1. The zero-order valence-corrected chi connectivity index (χ0v) is 16.9. The van der Waals surface area contributed by atoms with Gasteiger partial charge in [-0.25, -0.2) is 0 Å². The fourth-order valence-corrected chi connectivity index (χ4v) is 4.51. The van der Waals surface area contributed by atoms with Crippen LogP contribution in [0.3, 0.4) is 0 Å². The number of amides is 1. The van der Waals surface area contributed by atoms with Gasteiger partial charge in [0.15, 0.2) is 0 Å². The zero-order valence-electron chi connectivity index (χ0n) is 16.9. The maximum atomic E-state index is 12.3. The van der Waals surface area contributed by atoms with Crippen LogP contribution in [-0.2, 0) is 11.2 Å². The molecule has 7 nitrogen and oxygen atoms in total. The van der Waals surface area contributed by atoms with Crippen molar-refractivity contribution in [1.82, 2.24) is 20.2 Å². The monoisotopic (exact) mass is 398 g/mol. The molecule has 0 unspecified atom stereocenters. The summed E-state index contributed by atoms with van der Waals surface area (Å²) < 4.78 is 6.26. The van der Waals surface area contributed by atoms with E-state index in [1.165, 1.54) is 5.56 Å². The number of nitrogens with zero attached hydrogens (tertiary/aromatic N) is 2. The summed E-state index contributed by atoms with van der Waals surface area (Å²) >= 11 is 0. The molecule has 2 fully saturated rings. The van der Waals surface area contributed by atoms with Gasteiger partial charge < -0.3 is 25.0 Å². The smallest absolute Gasteiger partial charge is 0.268 e. The van der Waals surface area contributed by atoms with Gasteiger partial charge in [0.2, 0.25) is 0 Å². The third-order valence-corrected chi connectivity index (χ3v) is 6.34. The maximum Gasteiger partial charge on any atom is 0.268 e. The second kappa shape index (κ2) is 8.26. The van der Waals surface area contributed by atoms with Crippen molar-refractivity contribution in [2.75, 3.05) is 26.2 Å². The van der Waals surface area contributed by atoms with Crippen LogP contribution in [0.4, 0.5) is 0 Å². The normalized spacial score (nSPS) is 27.0. The molecule has 1 amide bonds. The third-order valence-electron chi connectivity index (χ3n) is 6.34.